The summed E-state index contributed by atoms with van der Waals surface area (Å²) in [6, 6.07) is 28.9. The van der Waals surface area contributed by atoms with Crippen LogP contribution >= 0.6 is 0 Å². The van der Waals surface area contributed by atoms with Crippen molar-refractivity contribution < 1.29 is 28.3 Å². The zero-order chi connectivity index (χ0) is 22.8. The summed E-state index contributed by atoms with van der Waals surface area (Å²) in [7, 11) is 1.92. The number of halogens is 2. The van der Waals surface area contributed by atoms with Crippen molar-refractivity contribution in [3.05, 3.63) is 127 Å². The first-order chi connectivity index (χ1) is 15.6. The van der Waals surface area contributed by atoms with Crippen molar-refractivity contribution in [2.24, 2.45) is 0 Å². The van der Waals surface area contributed by atoms with E-state index in [4.69, 9.17) is 5.41 Å². The number of nitrogens with zero attached hydrogens (tertiary/aromatic N) is 3. The molecule has 0 bridgehead atoms. The molecule has 0 aliphatic heterocycles. The quantitative estimate of drug-likeness (QED) is 0.167. The first-order valence-electron chi connectivity index (χ1n) is 9.81. The van der Waals surface area contributed by atoms with Crippen LogP contribution in [0.25, 0.3) is 27.8 Å². The van der Waals surface area contributed by atoms with Crippen molar-refractivity contribution in [1.82, 2.24) is 4.98 Å². The summed E-state index contributed by atoms with van der Waals surface area (Å²) in [5.41, 5.74) is 3.92. The monoisotopic (exact) mass is 527 g/mol. The standard InChI is InChI=1S/C16H14N2.C11H6F2N.Rh/c1-18(12-6-11-17)16-10-5-9-15(13-16)14-7-3-2-4-8-14;12-8-4-5-9(10(13)7-8)11-3-1-2-6-14-11;/h2-9,11-13H,1H3;1-4,6-7H;/q-2;-1;+3/b12-6-;;. The van der Waals surface area contributed by atoms with Gasteiger partial charge in [-0.05, 0) is 23.5 Å². The van der Waals surface area contributed by atoms with E-state index in [9.17, 15) is 8.78 Å². The second-order valence-corrected chi connectivity index (χ2v) is 6.69. The normalized spacial score (nSPS) is 10.0. The maximum Gasteiger partial charge on any atom is 3.00 e. The van der Waals surface area contributed by atoms with E-state index in [0.29, 0.717) is 5.69 Å². The third-order valence-corrected chi connectivity index (χ3v) is 4.45. The molecule has 0 saturated carbocycles. The van der Waals surface area contributed by atoms with Crippen molar-refractivity contribution in [1.29, 1.82) is 0 Å². The number of allylic oxidation sites excluding steroid dienone is 1. The molecule has 0 unspecified atom stereocenters. The van der Waals surface area contributed by atoms with Crippen LogP contribution in [0.2, 0.25) is 0 Å². The molecule has 0 atom stereocenters. The fourth-order valence-electron chi connectivity index (χ4n) is 2.87. The average molecular weight is 527 g/mol. The van der Waals surface area contributed by atoms with Crippen LogP contribution in [0.4, 0.5) is 14.5 Å². The summed E-state index contributed by atoms with van der Waals surface area (Å²) in [6.07, 6.45) is 5.91. The molecule has 6 heteroatoms. The number of pyridine rings is 1. The molecule has 166 valence electrons. The number of aromatic nitrogens is 1. The van der Waals surface area contributed by atoms with Crippen LogP contribution in [0.15, 0.2) is 97.3 Å². The summed E-state index contributed by atoms with van der Waals surface area (Å²) in [4.78, 5) is 5.85. The van der Waals surface area contributed by atoms with E-state index in [1.807, 2.05) is 42.3 Å². The molecule has 0 aliphatic carbocycles. The van der Waals surface area contributed by atoms with Crippen molar-refractivity contribution in [3.8, 4) is 22.4 Å². The molecular formula is C27H20F2N3Rh. The summed E-state index contributed by atoms with van der Waals surface area (Å²) < 4.78 is 25.8. The molecule has 33 heavy (non-hydrogen) atoms. The number of hydrogen-bond acceptors (Lipinski definition) is 2. The van der Waals surface area contributed by atoms with E-state index < -0.39 is 11.6 Å². The topological polar surface area (TPSA) is 38.4 Å². The summed E-state index contributed by atoms with van der Waals surface area (Å²) in [5.74, 6) is -1.29. The molecule has 0 amide bonds. The minimum Gasteiger partial charge on any atom is -0.811 e. The molecular weight excluding hydrogens is 507 g/mol. The minimum absolute atomic E-state index is 0. The molecule has 3 aromatic carbocycles. The molecule has 0 aliphatic rings. The van der Waals surface area contributed by atoms with Gasteiger partial charge in [0.25, 0.3) is 0 Å². The predicted molar refractivity (Wildman–Crippen MR) is 126 cm³/mol. The second-order valence-electron chi connectivity index (χ2n) is 6.69. The van der Waals surface area contributed by atoms with Crippen LogP contribution in [0, 0.1) is 23.8 Å². The zero-order valence-corrected chi connectivity index (χ0v) is 19.4. The minimum atomic E-state index is -0.649. The van der Waals surface area contributed by atoms with E-state index in [1.54, 1.807) is 36.7 Å². The molecule has 1 heterocycles. The van der Waals surface area contributed by atoms with Crippen LogP contribution in [-0.4, -0.2) is 18.2 Å². The second kappa shape index (κ2) is 13.1. The third-order valence-electron chi connectivity index (χ3n) is 4.45. The predicted octanol–water partition coefficient (Wildman–Crippen LogP) is 6.57. The Morgan fingerprint density at radius 3 is 2.36 bits per heavy atom. The van der Waals surface area contributed by atoms with E-state index in [2.05, 4.69) is 35.3 Å². The van der Waals surface area contributed by atoms with E-state index >= 15 is 0 Å². The fraction of sp³-hybridized carbons (Fsp3) is 0.0370. The van der Waals surface area contributed by atoms with Crippen LogP contribution in [0.1, 0.15) is 0 Å². The van der Waals surface area contributed by atoms with Crippen molar-refractivity contribution >= 4 is 11.9 Å². The first kappa shape index (κ1) is 25.8. The number of benzene rings is 3. The van der Waals surface area contributed by atoms with Gasteiger partial charge in [0.15, 0.2) is 0 Å². The fourth-order valence-corrected chi connectivity index (χ4v) is 2.87. The Morgan fingerprint density at radius 2 is 1.70 bits per heavy atom. The number of anilines is 1. The molecule has 0 radical (unpaired) electrons. The smallest absolute Gasteiger partial charge is 0.811 e. The maximum atomic E-state index is 13.2. The third kappa shape index (κ3) is 7.55. The van der Waals surface area contributed by atoms with E-state index in [1.165, 1.54) is 5.56 Å². The number of hydrogen-bond donors (Lipinski definition) is 0. The van der Waals surface area contributed by atoms with Gasteiger partial charge in [-0.15, -0.1) is 23.8 Å². The molecule has 4 rings (SSSR count). The first-order valence-corrected chi connectivity index (χ1v) is 9.81. The SMILES string of the molecule is CN(/C=C\C=[N-])c1[c-]ccc(-c2ccccc2)c1.Fc1c[c-]c(-c2ccccn2)c(F)c1.[Rh+3]. The molecule has 0 spiro atoms. The Hall–Kier alpha value is -3.50. The van der Waals surface area contributed by atoms with Gasteiger partial charge in [0.05, 0.1) is 0 Å². The Labute approximate surface area is 205 Å². The molecule has 3 nitrogen and oxygen atoms in total. The van der Waals surface area contributed by atoms with Crippen LogP contribution in [0.5, 0.6) is 0 Å². The van der Waals surface area contributed by atoms with E-state index in [-0.39, 0.29) is 25.0 Å². The van der Waals surface area contributed by atoms with Crippen LogP contribution in [-0.2, 0) is 19.5 Å². The van der Waals surface area contributed by atoms with Gasteiger partial charge in [0.1, 0.15) is 0 Å². The Bertz CT molecular complexity index is 1180. The zero-order valence-electron chi connectivity index (χ0n) is 17.7. The Morgan fingerprint density at radius 1 is 0.939 bits per heavy atom. The molecule has 0 N–H and O–H groups in total. The molecule has 0 saturated heterocycles. The summed E-state index contributed by atoms with van der Waals surface area (Å²) in [5, 5.41) is 8.65. The van der Waals surface area contributed by atoms with E-state index in [0.717, 1.165) is 29.6 Å². The Balaban J connectivity index is 0.000000233. The van der Waals surface area contributed by atoms with Gasteiger partial charge in [-0.1, -0.05) is 65.9 Å². The molecule has 0 fully saturated rings. The van der Waals surface area contributed by atoms with Crippen LogP contribution < -0.4 is 4.90 Å². The van der Waals surface area contributed by atoms with Crippen molar-refractivity contribution in [3.63, 3.8) is 0 Å². The van der Waals surface area contributed by atoms with Gasteiger partial charge in [0.2, 0.25) is 0 Å². The van der Waals surface area contributed by atoms with Gasteiger partial charge in [-0.2, -0.15) is 24.4 Å². The molecule has 4 aromatic rings. The average Bonchev–Trinajstić information content (AvgIpc) is 2.84. The van der Waals surface area contributed by atoms with Gasteiger partial charge in [-0.25, -0.2) is 0 Å². The van der Waals surface area contributed by atoms with Gasteiger partial charge in [0, 0.05) is 24.9 Å². The van der Waals surface area contributed by atoms with Gasteiger partial charge >= 0.3 is 19.5 Å². The van der Waals surface area contributed by atoms with Crippen molar-refractivity contribution in [2.75, 3.05) is 11.9 Å². The largest absolute Gasteiger partial charge is 3.00 e. The summed E-state index contributed by atoms with van der Waals surface area (Å²) >= 11 is 0. The van der Waals surface area contributed by atoms with Crippen LogP contribution in [0.3, 0.4) is 0 Å². The Kier molecular flexibility index (Phi) is 10.3. The van der Waals surface area contributed by atoms with Gasteiger partial charge < -0.3 is 15.3 Å². The maximum absolute atomic E-state index is 13.2. The number of rotatable bonds is 5. The molecule has 1 aromatic heterocycles. The van der Waals surface area contributed by atoms with Gasteiger partial charge in [-0.3, -0.25) is 8.78 Å². The summed E-state index contributed by atoms with van der Waals surface area (Å²) in [6.45, 7) is 0. The van der Waals surface area contributed by atoms with Crippen molar-refractivity contribution in [2.45, 2.75) is 0 Å².